The first kappa shape index (κ1) is 75.4. The van der Waals surface area contributed by atoms with Crippen LogP contribution in [0.5, 0.6) is 0 Å². The van der Waals surface area contributed by atoms with Crippen LogP contribution in [0, 0.1) is 0 Å². The van der Waals surface area contributed by atoms with Crippen molar-refractivity contribution in [2.24, 2.45) is 0 Å². The lowest BCUT2D eigenvalue weighted by Crippen LogP contribution is -2.61. The molecule has 0 radical (unpaired) electrons. The smallest absolute Gasteiger partial charge is 0.335 e. The van der Waals surface area contributed by atoms with Crippen LogP contribution in [0.2, 0.25) is 0 Å². The molecule has 0 aromatic rings. The van der Waals surface area contributed by atoms with Crippen LogP contribution >= 0.6 is 0 Å². The van der Waals surface area contributed by atoms with Crippen molar-refractivity contribution >= 4 is 23.9 Å². The van der Waals surface area contributed by atoms with E-state index < -0.39 is 67.3 Å². The highest BCUT2D eigenvalue weighted by Crippen LogP contribution is 2.27. The summed E-state index contributed by atoms with van der Waals surface area (Å²) in [6, 6.07) is 0. The van der Waals surface area contributed by atoms with Crippen LogP contribution in [0.25, 0.3) is 0 Å². The van der Waals surface area contributed by atoms with E-state index in [4.69, 9.17) is 23.7 Å². The first-order valence-electron chi connectivity index (χ1n) is 33.3. The summed E-state index contributed by atoms with van der Waals surface area (Å²) in [4.78, 5) is 51.3. The number of aliphatic hydroxyl groups excluding tert-OH is 2. The Morgan fingerprint density at radius 2 is 0.778 bits per heavy atom. The van der Waals surface area contributed by atoms with E-state index in [-0.39, 0.29) is 25.9 Å². The zero-order valence-corrected chi connectivity index (χ0v) is 51.8. The van der Waals surface area contributed by atoms with Crippen LogP contribution in [0.4, 0.5) is 0 Å². The number of carboxylic acid groups (broad SMARTS) is 1. The van der Waals surface area contributed by atoms with Crippen molar-refractivity contribution in [1.82, 2.24) is 0 Å². The summed E-state index contributed by atoms with van der Waals surface area (Å²) in [5.74, 6) is -3.12. The van der Waals surface area contributed by atoms with Crippen LogP contribution in [-0.2, 0) is 42.9 Å². The highest BCUT2D eigenvalue weighted by molar-refractivity contribution is 5.74. The van der Waals surface area contributed by atoms with Gasteiger partial charge in [-0.05, 0) is 83.5 Å². The maximum absolute atomic E-state index is 13.2. The van der Waals surface area contributed by atoms with Crippen molar-refractivity contribution < 1.29 is 58.2 Å². The van der Waals surface area contributed by atoms with Gasteiger partial charge in [-0.25, -0.2) is 4.79 Å². The molecule has 81 heavy (non-hydrogen) atoms. The number of carbonyl (C=O) groups is 4. The fourth-order valence-electron chi connectivity index (χ4n) is 10.0. The van der Waals surface area contributed by atoms with E-state index in [2.05, 4.69) is 81.5 Å². The Kier molecular flexibility index (Phi) is 53.0. The van der Waals surface area contributed by atoms with Crippen LogP contribution in [0.1, 0.15) is 303 Å². The number of hydrogen-bond donors (Lipinski definition) is 3. The Hall–Kier alpha value is -3.58. The van der Waals surface area contributed by atoms with Crippen molar-refractivity contribution in [3.8, 4) is 0 Å². The minimum absolute atomic E-state index is 0.0439. The molecule has 1 rings (SSSR count). The number of unbranched alkanes of at least 4 members (excludes halogenated alkanes) is 33. The van der Waals surface area contributed by atoms with Gasteiger partial charge in [-0.15, -0.1) is 0 Å². The van der Waals surface area contributed by atoms with E-state index in [0.29, 0.717) is 19.3 Å². The second-order valence-corrected chi connectivity index (χ2v) is 22.7. The van der Waals surface area contributed by atoms with E-state index in [0.717, 1.165) is 122 Å². The SMILES string of the molecule is CC/C=C\C/C=C\C/C=C\C/C=C\CCCCCCCCC(=O)OC1C(OCC(COC(=O)CCCCCCCCCCCCCCCCCCCCC)OC(=O)CCCCCCC/C=C\CCCCCC)OC(C(=O)O)C(O)C1O. The van der Waals surface area contributed by atoms with E-state index in [1.165, 1.54) is 122 Å². The van der Waals surface area contributed by atoms with Crippen LogP contribution in [-0.4, -0.2) is 89.2 Å². The van der Waals surface area contributed by atoms with Gasteiger partial charge >= 0.3 is 23.9 Å². The molecule has 12 heteroatoms. The van der Waals surface area contributed by atoms with Crippen LogP contribution in [0.15, 0.2) is 60.8 Å². The number of carbonyl (C=O) groups excluding carboxylic acids is 3. The van der Waals surface area contributed by atoms with Gasteiger partial charge in [-0.3, -0.25) is 14.4 Å². The number of esters is 3. The Morgan fingerprint density at radius 1 is 0.420 bits per heavy atom. The van der Waals surface area contributed by atoms with E-state index in [9.17, 15) is 34.5 Å². The molecule has 12 nitrogen and oxygen atoms in total. The molecule has 0 amide bonds. The maximum Gasteiger partial charge on any atom is 0.335 e. The van der Waals surface area contributed by atoms with Crippen molar-refractivity contribution in [2.75, 3.05) is 13.2 Å². The number of aliphatic hydroxyl groups is 2. The topological polar surface area (TPSA) is 175 Å². The molecule has 0 aliphatic carbocycles. The molecule has 3 N–H and O–H groups in total. The van der Waals surface area contributed by atoms with E-state index in [1.54, 1.807) is 0 Å². The molecule has 0 aromatic heterocycles. The fraction of sp³-hybridized carbons (Fsp3) is 0.797. The predicted octanol–water partition coefficient (Wildman–Crippen LogP) is 17.9. The highest BCUT2D eigenvalue weighted by atomic mass is 16.7. The predicted molar refractivity (Wildman–Crippen MR) is 331 cm³/mol. The lowest BCUT2D eigenvalue weighted by molar-refractivity contribution is -0.301. The normalized spacial score (nSPS) is 18.1. The van der Waals surface area contributed by atoms with Gasteiger partial charge < -0.3 is 39.0 Å². The van der Waals surface area contributed by atoms with Crippen molar-refractivity contribution in [1.29, 1.82) is 0 Å². The van der Waals surface area contributed by atoms with Gasteiger partial charge in [0.1, 0.15) is 18.8 Å². The molecule has 1 aliphatic heterocycles. The van der Waals surface area contributed by atoms with Gasteiger partial charge in [-0.2, -0.15) is 0 Å². The minimum atomic E-state index is -1.91. The average molecular weight is 1140 g/mol. The molecule has 1 aliphatic rings. The quantitative estimate of drug-likeness (QED) is 0.0228. The second kappa shape index (κ2) is 56.9. The Bertz CT molecular complexity index is 1640. The molecule has 0 saturated carbocycles. The standard InChI is InChI=1S/C69H120O12/c1-4-7-10-13-16-19-22-25-27-29-31-33-35-38-40-43-46-49-52-55-61(70)77-58-60(79-62(71)56-53-50-47-44-41-37-24-21-18-15-12-9-6-3)59-78-69-67(65(74)64(73)66(81-69)68(75)76)80-63(72)57-54-51-48-45-42-39-36-34-32-30-28-26-23-20-17-14-11-8-5-2/h8,11,17,20-21,24,26,28,32,34,60,64-67,69,73-74H,4-7,9-10,12-16,18-19,22-23,25,27,29-31,33,35-59H2,1-3H3,(H,75,76)/b11-8-,20-17-,24-21-,28-26-,34-32-. The zero-order chi connectivity index (χ0) is 58.9. The van der Waals surface area contributed by atoms with Gasteiger partial charge in [0, 0.05) is 19.3 Å². The first-order valence-corrected chi connectivity index (χ1v) is 33.3. The number of hydrogen-bond acceptors (Lipinski definition) is 11. The number of aliphatic carboxylic acids is 1. The van der Waals surface area contributed by atoms with Gasteiger partial charge in [0.05, 0.1) is 6.61 Å². The van der Waals surface area contributed by atoms with Crippen molar-refractivity contribution in [2.45, 2.75) is 340 Å². The Balaban J connectivity index is 2.63. The third kappa shape index (κ3) is 46.5. The lowest BCUT2D eigenvalue weighted by atomic mass is 9.98. The van der Waals surface area contributed by atoms with Crippen molar-refractivity contribution in [3.63, 3.8) is 0 Å². The van der Waals surface area contributed by atoms with Gasteiger partial charge in [0.2, 0.25) is 0 Å². The van der Waals surface area contributed by atoms with E-state index >= 15 is 0 Å². The average Bonchev–Trinajstić information content (AvgIpc) is 3.54. The summed E-state index contributed by atoms with van der Waals surface area (Å²) in [6.45, 7) is 5.90. The molecule has 0 bridgehead atoms. The molecule has 1 heterocycles. The molecular weight excluding hydrogens is 1020 g/mol. The summed E-state index contributed by atoms with van der Waals surface area (Å²) >= 11 is 0. The second-order valence-electron chi connectivity index (χ2n) is 22.7. The molecule has 6 atom stereocenters. The van der Waals surface area contributed by atoms with Crippen LogP contribution < -0.4 is 0 Å². The number of allylic oxidation sites excluding steroid dienone is 10. The minimum Gasteiger partial charge on any atom is -0.479 e. The third-order valence-corrected chi connectivity index (χ3v) is 15.1. The molecule has 6 unspecified atom stereocenters. The zero-order valence-electron chi connectivity index (χ0n) is 51.8. The maximum atomic E-state index is 13.2. The third-order valence-electron chi connectivity index (χ3n) is 15.1. The molecule has 468 valence electrons. The van der Waals surface area contributed by atoms with Crippen LogP contribution in [0.3, 0.4) is 0 Å². The Labute approximate surface area is 494 Å². The lowest BCUT2D eigenvalue weighted by Gasteiger charge is -2.40. The molecule has 0 aromatic carbocycles. The highest BCUT2D eigenvalue weighted by Gasteiger charge is 2.50. The molecule has 1 saturated heterocycles. The molecule has 1 fully saturated rings. The summed E-state index contributed by atoms with van der Waals surface area (Å²) < 4.78 is 28.5. The number of rotatable bonds is 57. The molecular formula is C69H120O12. The van der Waals surface area contributed by atoms with E-state index in [1.807, 2.05) is 0 Å². The summed E-state index contributed by atoms with van der Waals surface area (Å²) in [7, 11) is 0. The summed E-state index contributed by atoms with van der Waals surface area (Å²) in [6.07, 6.45) is 58.9. The first-order chi connectivity index (χ1) is 39.6. The fourth-order valence-corrected chi connectivity index (χ4v) is 10.0. The Morgan fingerprint density at radius 3 is 1.21 bits per heavy atom. The number of ether oxygens (including phenoxy) is 5. The summed E-state index contributed by atoms with van der Waals surface area (Å²) in [5, 5.41) is 31.6. The van der Waals surface area contributed by atoms with Gasteiger partial charge in [0.15, 0.2) is 24.6 Å². The van der Waals surface area contributed by atoms with Gasteiger partial charge in [0.25, 0.3) is 0 Å². The van der Waals surface area contributed by atoms with Gasteiger partial charge in [-0.1, -0.05) is 261 Å². The largest absolute Gasteiger partial charge is 0.479 e. The monoisotopic (exact) mass is 1140 g/mol. The summed E-state index contributed by atoms with van der Waals surface area (Å²) in [5.41, 5.74) is 0. The van der Waals surface area contributed by atoms with Crippen molar-refractivity contribution in [3.05, 3.63) is 60.8 Å². The number of carboxylic acids is 1. The molecule has 0 spiro atoms.